The molecule has 15 heavy (non-hydrogen) atoms. The van der Waals surface area contributed by atoms with Crippen molar-refractivity contribution in [3.05, 3.63) is 29.8 Å². The molecule has 0 aliphatic rings. The van der Waals surface area contributed by atoms with Crippen LogP contribution in [-0.4, -0.2) is 16.8 Å². The Balaban J connectivity index is 2.82. The van der Waals surface area contributed by atoms with E-state index in [2.05, 4.69) is 10.5 Å². The Labute approximate surface area is 84.2 Å². The fraction of sp³-hybridized carbons (Fsp3) is 0.111. The van der Waals surface area contributed by atoms with Gasteiger partial charge >= 0.3 is 5.97 Å². The number of aliphatic carboxylic acids is 1. The van der Waals surface area contributed by atoms with Crippen molar-refractivity contribution in [3.8, 4) is 0 Å². The van der Waals surface area contributed by atoms with Crippen LogP contribution in [0.4, 0.5) is 14.5 Å². The molecule has 4 nitrogen and oxygen atoms in total. The Hall–Kier alpha value is -1.98. The predicted octanol–water partition coefficient (Wildman–Crippen LogP) is 1.84. The van der Waals surface area contributed by atoms with E-state index in [4.69, 9.17) is 5.11 Å². The van der Waals surface area contributed by atoms with Gasteiger partial charge in [-0.25, -0.2) is 13.6 Å². The van der Waals surface area contributed by atoms with Crippen molar-refractivity contribution in [2.45, 2.75) is 6.92 Å². The summed E-state index contributed by atoms with van der Waals surface area (Å²) in [5.74, 6) is -2.76. The Bertz CT molecular complexity index is 419. The zero-order valence-electron chi connectivity index (χ0n) is 7.79. The lowest BCUT2D eigenvalue weighted by Crippen LogP contribution is -2.10. The molecule has 0 heterocycles. The molecule has 0 saturated carbocycles. The van der Waals surface area contributed by atoms with Crippen molar-refractivity contribution in [3.63, 3.8) is 0 Å². The topological polar surface area (TPSA) is 61.7 Å². The van der Waals surface area contributed by atoms with Crippen LogP contribution in [0, 0.1) is 11.6 Å². The quantitative estimate of drug-likeness (QED) is 0.596. The number of carboxylic acid groups (broad SMARTS) is 1. The number of nitrogens with one attached hydrogen (secondary N) is 1. The molecule has 1 aromatic carbocycles. The van der Waals surface area contributed by atoms with E-state index >= 15 is 0 Å². The number of hydrogen-bond donors (Lipinski definition) is 2. The molecule has 0 aliphatic carbocycles. The number of benzene rings is 1. The van der Waals surface area contributed by atoms with E-state index < -0.39 is 17.6 Å². The molecule has 1 aromatic rings. The zero-order chi connectivity index (χ0) is 11.4. The Morgan fingerprint density at radius 1 is 1.47 bits per heavy atom. The second kappa shape index (κ2) is 4.50. The van der Waals surface area contributed by atoms with Crippen LogP contribution >= 0.6 is 0 Å². The fourth-order valence-electron chi connectivity index (χ4n) is 0.772. The largest absolute Gasteiger partial charge is 0.477 e. The number of halogens is 2. The van der Waals surface area contributed by atoms with Gasteiger partial charge in [0, 0.05) is 6.07 Å². The third-order valence-corrected chi connectivity index (χ3v) is 1.58. The molecule has 0 radical (unpaired) electrons. The summed E-state index contributed by atoms with van der Waals surface area (Å²) in [6, 6.07) is 2.84. The molecule has 0 bridgehead atoms. The third-order valence-electron chi connectivity index (χ3n) is 1.58. The van der Waals surface area contributed by atoms with Crippen LogP contribution < -0.4 is 5.43 Å². The van der Waals surface area contributed by atoms with Crippen LogP contribution in [0.1, 0.15) is 6.92 Å². The van der Waals surface area contributed by atoms with Gasteiger partial charge in [-0.05, 0) is 19.1 Å². The van der Waals surface area contributed by atoms with Crippen LogP contribution in [0.2, 0.25) is 0 Å². The molecule has 1 rings (SSSR count). The van der Waals surface area contributed by atoms with Gasteiger partial charge in [0.2, 0.25) is 0 Å². The van der Waals surface area contributed by atoms with Crippen LogP contribution in [0.5, 0.6) is 0 Å². The molecular formula is C9H8F2N2O2. The average Bonchev–Trinajstić information content (AvgIpc) is 2.15. The maximum absolute atomic E-state index is 13.0. The molecule has 0 fully saturated rings. The van der Waals surface area contributed by atoms with Crippen molar-refractivity contribution in [2.75, 3.05) is 5.43 Å². The van der Waals surface area contributed by atoms with Gasteiger partial charge in [0.25, 0.3) is 0 Å². The van der Waals surface area contributed by atoms with Gasteiger partial charge in [0.1, 0.15) is 11.5 Å². The summed E-state index contributed by atoms with van der Waals surface area (Å²) < 4.78 is 25.5. The van der Waals surface area contributed by atoms with E-state index in [9.17, 15) is 13.6 Å². The Morgan fingerprint density at radius 3 is 2.67 bits per heavy atom. The van der Waals surface area contributed by atoms with Crippen molar-refractivity contribution in [2.24, 2.45) is 5.10 Å². The first kappa shape index (κ1) is 11.1. The SMILES string of the molecule is C/C(=N/Nc1ccc(F)cc1F)C(=O)O. The van der Waals surface area contributed by atoms with Crippen molar-refractivity contribution in [1.29, 1.82) is 0 Å². The van der Waals surface area contributed by atoms with Crippen LogP contribution in [0.25, 0.3) is 0 Å². The van der Waals surface area contributed by atoms with E-state index in [-0.39, 0.29) is 11.4 Å². The summed E-state index contributed by atoms with van der Waals surface area (Å²) in [5, 5.41) is 11.8. The molecule has 0 atom stereocenters. The monoisotopic (exact) mass is 214 g/mol. The van der Waals surface area contributed by atoms with Crippen LogP contribution in [0.3, 0.4) is 0 Å². The number of hydrogen-bond acceptors (Lipinski definition) is 3. The summed E-state index contributed by atoms with van der Waals surface area (Å²) in [5.41, 5.74) is 1.88. The number of nitrogens with zero attached hydrogens (tertiary/aromatic N) is 1. The standard InChI is InChI=1S/C9H8F2N2O2/c1-5(9(14)15)12-13-8-3-2-6(10)4-7(8)11/h2-4,13H,1H3,(H,14,15)/b12-5-. The minimum Gasteiger partial charge on any atom is -0.477 e. The molecule has 0 spiro atoms. The zero-order valence-corrected chi connectivity index (χ0v) is 7.79. The predicted molar refractivity (Wildman–Crippen MR) is 50.7 cm³/mol. The first-order chi connectivity index (χ1) is 7.00. The number of anilines is 1. The normalized spacial score (nSPS) is 11.3. The lowest BCUT2D eigenvalue weighted by atomic mass is 10.3. The molecule has 0 amide bonds. The number of carbonyl (C=O) groups is 1. The highest BCUT2D eigenvalue weighted by Crippen LogP contribution is 2.14. The van der Waals surface area contributed by atoms with Crippen molar-refractivity contribution < 1.29 is 18.7 Å². The lowest BCUT2D eigenvalue weighted by molar-refractivity contribution is -0.129. The Kier molecular flexibility index (Phi) is 3.33. The third kappa shape index (κ3) is 3.01. The summed E-state index contributed by atoms with van der Waals surface area (Å²) in [4.78, 5) is 10.3. The maximum atomic E-state index is 13.0. The number of hydrazone groups is 1. The summed E-state index contributed by atoms with van der Waals surface area (Å²) in [7, 11) is 0. The highest BCUT2D eigenvalue weighted by molar-refractivity contribution is 6.34. The first-order valence-electron chi connectivity index (χ1n) is 3.99. The van der Waals surface area contributed by atoms with E-state index in [1.54, 1.807) is 0 Å². The van der Waals surface area contributed by atoms with Gasteiger partial charge in [-0.15, -0.1) is 0 Å². The Morgan fingerprint density at radius 2 is 2.13 bits per heavy atom. The molecular weight excluding hydrogens is 206 g/mol. The highest BCUT2D eigenvalue weighted by atomic mass is 19.1. The molecule has 0 saturated heterocycles. The molecule has 6 heteroatoms. The van der Waals surface area contributed by atoms with Gasteiger partial charge in [0.15, 0.2) is 5.82 Å². The fourth-order valence-corrected chi connectivity index (χ4v) is 0.772. The second-order valence-corrected chi connectivity index (χ2v) is 2.74. The van der Waals surface area contributed by atoms with E-state index in [1.165, 1.54) is 6.92 Å². The van der Waals surface area contributed by atoms with Gasteiger partial charge in [-0.1, -0.05) is 0 Å². The van der Waals surface area contributed by atoms with Gasteiger partial charge in [-0.3, -0.25) is 5.43 Å². The van der Waals surface area contributed by atoms with Gasteiger partial charge < -0.3 is 5.11 Å². The minimum absolute atomic E-state index is 0.0861. The van der Waals surface area contributed by atoms with Crippen molar-refractivity contribution in [1.82, 2.24) is 0 Å². The molecule has 0 aliphatic heterocycles. The summed E-state index contributed by atoms with van der Waals surface area (Å²) >= 11 is 0. The molecule has 2 N–H and O–H groups in total. The molecule has 0 unspecified atom stereocenters. The van der Waals surface area contributed by atoms with E-state index in [1.807, 2.05) is 0 Å². The molecule has 80 valence electrons. The number of rotatable bonds is 3. The van der Waals surface area contributed by atoms with Gasteiger partial charge in [-0.2, -0.15) is 5.10 Å². The highest BCUT2D eigenvalue weighted by Gasteiger charge is 2.04. The summed E-state index contributed by atoms with van der Waals surface area (Å²) in [6.45, 7) is 1.25. The van der Waals surface area contributed by atoms with Gasteiger partial charge in [0.05, 0.1) is 5.69 Å². The van der Waals surface area contributed by atoms with E-state index in [0.717, 1.165) is 12.1 Å². The van der Waals surface area contributed by atoms with E-state index in [0.29, 0.717) is 6.07 Å². The summed E-state index contributed by atoms with van der Waals surface area (Å²) in [6.07, 6.45) is 0. The van der Waals surface area contributed by atoms with Crippen LogP contribution in [0.15, 0.2) is 23.3 Å². The smallest absolute Gasteiger partial charge is 0.351 e. The average molecular weight is 214 g/mol. The second-order valence-electron chi connectivity index (χ2n) is 2.74. The maximum Gasteiger partial charge on any atom is 0.351 e. The molecule has 0 aromatic heterocycles. The van der Waals surface area contributed by atoms with Crippen LogP contribution in [-0.2, 0) is 4.79 Å². The first-order valence-corrected chi connectivity index (χ1v) is 3.99. The lowest BCUT2D eigenvalue weighted by Gasteiger charge is -2.02. The number of carboxylic acids is 1. The van der Waals surface area contributed by atoms with Crippen molar-refractivity contribution >= 4 is 17.4 Å². The minimum atomic E-state index is -1.22.